The summed E-state index contributed by atoms with van der Waals surface area (Å²) in [6, 6.07) is 5.47. The fraction of sp³-hybridized carbons (Fsp3) is 0.500. The molecule has 1 aliphatic rings. The minimum Gasteiger partial charge on any atom is -0.495 e. The highest BCUT2D eigenvalue weighted by Gasteiger charge is 2.24. The average Bonchev–Trinajstić information content (AvgIpc) is 2.39. The Labute approximate surface area is 115 Å². The van der Waals surface area contributed by atoms with Crippen molar-refractivity contribution in [3.63, 3.8) is 0 Å². The molecule has 5 heteroatoms. The summed E-state index contributed by atoms with van der Waals surface area (Å²) in [4.78, 5) is 0. The van der Waals surface area contributed by atoms with Crippen molar-refractivity contribution in [2.75, 3.05) is 24.4 Å². The van der Waals surface area contributed by atoms with E-state index in [9.17, 15) is 5.11 Å². The molecule has 1 saturated heterocycles. The molecule has 0 spiro atoms. The first-order valence-corrected chi connectivity index (χ1v) is 8.01. The Bertz CT molecular complexity index is 381. The summed E-state index contributed by atoms with van der Waals surface area (Å²) in [5.74, 6) is 3.91. The number of halogens is 1. The van der Waals surface area contributed by atoms with Gasteiger partial charge < -0.3 is 9.84 Å². The van der Waals surface area contributed by atoms with E-state index in [0.717, 1.165) is 17.1 Å². The second-order valence-electron chi connectivity index (χ2n) is 3.82. The summed E-state index contributed by atoms with van der Waals surface area (Å²) in [6.45, 7) is 0. The van der Waals surface area contributed by atoms with Gasteiger partial charge in [0.1, 0.15) is 5.75 Å². The summed E-state index contributed by atoms with van der Waals surface area (Å²) >= 11 is 9.71. The Balaban J connectivity index is 2.15. The van der Waals surface area contributed by atoms with Crippen LogP contribution in [-0.4, -0.2) is 34.7 Å². The van der Waals surface area contributed by atoms with Crippen LogP contribution in [0.15, 0.2) is 18.2 Å². The van der Waals surface area contributed by atoms with Crippen molar-refractivity contribution >= 4 is 35.1 Å². The van der Waals surface area contributed by atoms with Crippen LogP contribution in [0.25, 0.3) is 0 Å². The van der Waals surface area contributed by atoms with Crippen molar-refractivity contribution in [2.24, 2.45) is 0 Å². The zero-order valence-corrected chi connectivity index (χ0v) is 11.9. The largest absolute Gasteiger partial charge is 0.495 e. The molecule has 0 aromatic heterocycles. The van der Waals surface area contributed by atoms with Crippen LogP contribution < -0.4 is 4.74 Å². The molecule has 2 nitrogen and oxygen atoms in total. The summed E-state index contributed by atoms with van der Waals surface area (Å²) in [6.07, 6.45) is -0.445. The van der Waals surface area contributed by atoms with Gasteiger partial charge in [-0.15, -0.1) is 0 Å². The zero-order chi connectivity index (χ0) is 12.3. The molecule has 17 heavy (non-hydrogen) atoms. The maximum absolute atomic E-state index is 10.3. The molecule has 0 bridgehead atoms. The number of aliphatic hydroxyl groups excluding tert-OH is 1. The molecule has 0 saturated carbocycles. The molecule has 1 aromatic rings. The highest BCUT2D eigenvalue weighted by atomic mass is 35.5. The first-order valence-electron chi connectivity index (χ1n) is 5.43. The Morgan fingerprint density at radius 2 is 2.29 bits per heavy atom. The van der Waals surface area contributed by atoms with Crippen molar-refractivity contribution in [1.82, 2.24) is 0 Å². The van der Waals surface area contributed by atoms with E-state index in [2.05, 4.69) is 0 Å². The predicted molar refractivity (Wildman–Crippen MR) is 76.5 cm³/mol. The number of thioether (sulfide) groups is 2. The van der Waals surface area contributed by atoms with Crippen LogP contribution in [0, 0.1) is 0 Å². The molecule has 0 amide bonds. The summed E-state index contributed by atoms with van der Waals surface area (Å²) in [5.41, 5.74) is 0.881. The van der Waals surface area contributed by atoms with Crippen LogP contribution in [-0.2, 0) is 0 Å². The quantitative estimate of drug-likeness (QED) is 0.925. The number of hydrogen-bond donors (Lipinski definition) is 1. The van der Waals surface area contributed by atoms with E-state index in [1.54, 1.807) is 13.2 Å². The third kappa shape index (κ3) is 3.25. The van der Waals surface area contributed by atoms with Gasteiger partial charge in [0.05, 0.1) is 18.2 Å². The van der Waals surface area contributed by atoms with Crippen molar-refractivity contribution < 1.29 is 9.84 Å². The fourth-order valence-corrected chi connectivity index (χ4v) is 4.71. The van der Waals surface area contributed by atoms with Crippen molar-refractivity contribution in [3.8, 4) is 5.75 Å². The standard InChI is InChI=1S/C12H15ClO2S2/c1-15-10-6-8(2-3-9(10)13)12(14)11-7-16-4-5-17-11/h2-3,6,11-12,14H,4-5,7H2,1H3. The summed E-state index contributed by atoms with van der Waals surface area (Å²) in [7, 11) is 1.59. The van der Waals surface area contributed by atoms with Crippen LogP contribution in [0.4, 0.5) is 0 Å². The third-order valence-electron chi connectivity index (χ3n) is 2.71. The number of aliphatic hydroxyl groups is 1. The van der Waals surface area contributed by atoms with Gasteiger partial charge in [0.2, 0.25) is 0 Å². The molecule has 2 rings (SSSR count). The Kier molecular flexibility index (Phi) is 4.91. The lowest BCUT2D eigenvalue weighted by Crippen LogP contribution is -2.22. The van der Waals surface area contributed by atoms with E-state index in [0.29, 0.717) is 10.8 Å². The zero-order valence-electron chi connectivity index (χ0n) is 9.56. The van der Waals surface area contributed by atoms with Crippen molar-refractivity contribution in [2.45, 2.75) is 11.4 Å². The maximum Gasteiger partial charge on any atom is 0.137 e. The molecule has 1 aliphatic heterocycles. The Morgan fingerprint density at radius 1 is 1.47 bits per heavy atom. The van der Waals surface area contributed by atoms with Crippen LogP contribution in [0.1, 0.15) is 11.7 Å². The monoisotopic (exact) mass is 290 g/mol. The maximum atomic E-state index is 10.3. The molecule has 2 unspecified atom stereocenters. The fourth-order valence-electron chi connectivity index (χ4n) is 1.76. The topological polar surface area (TPSA) is 29.5 Å². The van der Waals surface area contributed by atoms with Crippen molar-refractivity contribution in [1.29, 1.82) is 0 Å². The highest BCUT2D eigenvalue weighted by molar-refractivity contribution is 8.06. The average molecular weight is 291 g/mol. The van der Waals surface area contributed by atoms with Crippen molar-refractivity contribution in [3.05, 3.63) is 28.8 Å². The molecule has 94 valence electrons. The van der Waals surface area contributed by atoms with Gasteiger partial charge >= 0.3 is 0 Å². The number of rotatable bonds is 3. The predicted octanol–water partition coefficient (Wildman–Crippen LogP) is 3.23. The Morgan fingerprint density at radius 3 is 2.94 bits per heavy atom. The number of methoxy groups -OCH3 is 1. The van der Waals surface area contributed by atoms with Crippen LogP contribution in [0.5, 0.6) is 5.75 Å². The lowest BCUT2D eigenvalue weighted by Gasteiger charge is -2.26. The van der Waals surface area contributed by atoms with Gasteiger partial charge in [0.15, 0.2) is 0 Å². The molecular weight excluding hydrogens is 276 g/mol. The van der Waals surface area contributed by atoms with E-state index in [-0.39, 0.29) is 5.25 Å². The molecule has 1 aromatic carbocycles. The molecule has 1 fully saturated rings. The Hall–Kier alpha value is -0.0300. The van der Waals surface area contributed by atoms with Gasteiger partial charge in [-0.2, -0.15) is 23.5 Å². The van der Waals surface area contributed by atoms with E-state index in [1.165, 1.54) is 5.75 Å². The van der Waals surface area contributed by atoms with Gasteiger partial charge in [-0.25, -0.2) is 0 Å². The lowest BCUT2D eigenvalue weighted by molar-refractivity contribution is 0.180. The number of hydrogen-bond acceptors (Lipinski definition) is 4. The summed E-state index contributed by atoms with van der Waals surface area (Å²) in [5, 5.41) is 11.2. The normalized spacial score (nSPS) is 22.2. The van der Waals surface area contributed by atoms with E-state index in [1.807, 2.05) is 35.7 Å². The van der Waals surface area contributed by atoms with Gasteiger partial charge in [-0.1, -0.05) is 17.7 Å². The minimum absolute atomic E-state index is 0.264. The second-order valence-corrected chi connectivity index (χ2v) is 6.73. The third-order valence-corrected chi connectivity index (χ3v) is 5.87. The SMILES string of the molecule is COc1cc(C(O)C2CSCCS2)ccc1Cl. The first-order chi connectivity index (χ1) is 8.22. The van der Waals surface area contributed by atoms with E-state index in [4.69, 9.17) is 16.3 Å². The molecule has 2 atom stereocenters. The second kappa shape index (κ2) is 6.23. The summed E-state index contributed by atoms with van der Waals surface area (Å²) < 4.78 is 5.17. The molecule has 0 radical (unpaired) electrons. The van der Waals surface area contributed by atoms with Gasteiger partial charge in [0.25, 0.3) is 0 Å². The molecular formula is C12H15ClO2S2. The first kappa shape index (κ1) is 13.4. The van der Waals surface area contributed by atoms with Gasteiger partial charge in [0, 0.05) is 22.5 Å². The van der Waals surface area contributed by atoms with Crippen LogP contribution >= 0.6 is 35.1 Å². The molecule has 0 aliphatic carbocycles. The van der Waals surface area contributed by atoms with Gasteiger partial charge in [-0.05, 0) is 17.7 Å². The van der Waals surface area contributed by atoms with E-state index >= 15 is 0 Å². The molecule has 1 N–H and O–H groups in total. The lowest BCUT2D eigenvalue weighted by atomic mass is 10.1. The van der Waals surface area contributed by atoms with E-state index < -0.39 is 6.10 Å². The van der Waals surface area contributed by atoms with Gasteiger partial charge in [-0.3, -0.25) is 0 Å². The van der Waals surface area contributed by atoms with Crippen LogP contribution in [0.2, 0.25) is 5.02 Å². The van der Waals surface area contributed by atoms with Crippen LogP contribution in [0.3, 0.4) is 0 Å². The number of ether oxygens (including phenoxy) is 1. The number of benzene rings is 1. The minimum atomic E-state index is -0.445. The highest BCUT2D eigenvalue weighted by Crippen LogP contribution is 2.36. The smallest absolute Gasteiger partial charge is 0.137 e. The molecule has 1 heterocycles.